The Labute approximate surface area is 167 Å². The smallest absolute Gasteiger partial charge is 0.226 e. The van der Waals surface area contributed by atoms with Crippen LogP contribution in [0.25, 0.3) is 0 Å². The molecule has 0 aliphatic carbocycles. The fourth-order valence-electron chi connectivity index (χ4n) is 2.49. The summed E-state index contributed by atoms with van der Waals surface area (Å²) in [5.41, 5.74) is 11.4. The molecule has 144 valence electrons. The molecule has 0 spiro atoms. The number of benzene rings is 2. The van der Waals surface area contributed by atoms with E-state index in [2.05, 4.69) is 9.98 Å². The Hall–Kier alpha value is -2.65. The molecule has 1 aliphatic heterocycles. The number of hydrogen-bond donors (Lipinski definition) is 2. The first-order valence-corrected chi connectivity index (χ1v) is 7.99. The van der Waals surface area contributed by atoms with Crippen molar-refractivity contribution in [2.45, 2.75) is 26.1 Å². The third-order valence-electron chi connectivity index (χ3n) is 3.65. The van der Waals surface area contributed by atoms with Gasteiger partial charge in [0.1, 0.15) is 12.4 Å². The zero-order chi connectivity index (χ0) is 18.7. The van der Waals surface area contributed by atoms with Gasteiger partial charge in [-0.05, 0) is 43.7 Å². The number of ether oxygens (including phenoxy) is 1. The lowest BCUT2D eigenvalue weighted by Gasteiger charge is -2.36. The summed E-state index contributed by atoms with van der Waals surface area (Å²) >= 11 is 0. The zero-order valence-electron chi connectivity index (χ0n) is 14.9. The molecule has 3 rings (SSSR count). The van der Waals surface area contributed by atoms with E-state index in [1.165, 1.54) is 11.1 Å². The molecule has 0 aromatic heterocycles. The summed E-state index contributed by atoms with van der Waals surface area (Å²) in [6.45, 7) is 3.70. The number of guanidine groups is 2. The number of para-hydroxylation sites is 1. The van der Waals surface area contributed by atoms with Gasteiger partial charge in [0.2, 0.25) is 11.9 Å². The highest BCUT2D eigenvalue weighted by Crippen LogP contribution is 2.26. The Morgan fingerprint density at radius 2 is 1.81 bits per heavy atom. The number of nitrogens with zero attached hydrogens (tertiary/aromatic N) is 3. The molecule has 0 amide bonds. The van der Waals surface area contributed by atoms with E-state index in [1.807, 2.05) is 18.2 Å². The van der Waals surface area contributed by atoms with Crippen LogP contribution in [0.2, 0.25) is 0 Å². The molecule has 4 N–H and O–H groups in total. The zero-order valence-corrected chi connectivity index (χ0v) is 16.6. The predicted molar refractivity (Wildman–Crippen MR) is 107 cm³/mol. The quantitative estimate of drug-likeness (QED) is 0.747. The maximum Gasteiger partial charge on any atom is 0.226 e. The van der Waals surface area contributed by atoms with Gasteiger partial charge in [0.15, 0.2) is 17.2 Å². The van der Waals surface area contributed by atoms with Crippen molar-refractivity contribution in [2.75, 3.05) is 0 Å². The van der Waals surface area contributed by atoms with Crippen LogP contribution in [0.15, 0.2) is 58.5 Å². The lowest BCUT2D eigenvalue weighted by Crippen LogP contribution is -2.53. The van der Waals surface area contributed by atoms with Crippen LogP contribution in [0.1, 0.15) is 19.4 Å². The van der Waals surface area contributed by atoms with E-state index < -0.39 is 11.5 Å². The van der Waals surface area contributed by atoms with Crippen LogP contribution in [0, 0.1) is 5.82 Å². The molecule has 7 nitrogen and oxygen atoms in total. The monoisotopic (exact) mass is 437 g/mol. The van der Waals surface area contributed by atoms with E-state index in [0.29, 0.717) is 11.3 Å². The Bertz CT molecular complexity index is 858. The van der Waals surface area contributed by atoms with Gasteiger partial charge >= 0.3 is 0 Å². The molecule has 2 aromatic rings. The second kappa shape index (κ2) is 8.36. The highest BCUT2D eigenvalue weighted by molar-refractivity contribution is 8.93. The van der Waals surface area contributed by atoms with Crippen molar-refractivity contribution < 1.29 is 14.0 Å². The maximum absolute atomic E-state index is 14.0. The number of aliphatic imine (C=N–C) groups is 2. The van der Waals surface area contributed by atoms with Gasteiger partial charge in [-0.15, -0.1) is 17.0 Å². The molecule has 27 heavy (non-hydrogen) atoms. The van der Waals surface area contributed by atoms with Crippen molar-refractivity contribution >= 4 is 28.9 Å². The number of halogens is 2. The minimum atomic E-state index is -0.806. The van der Waals surface area contributed by atoms with Crippen LogP contribution in [0.5, 0.6) is 11.5 Å². The van der Waals surface area contributed by atoms with Crippen LogP contribution in [-0.2, 0) is 11.4 Å². The molecule has 0 fully saturated rings. The molecule has 1 heterocycles. The van der Waals surface area contributed by atoms with Gasteiger partial charge in [-0.25, -0.2) is 9.38 Å². The van der Waals surface area contributed by atoms with Gasteiger partial charge in [0, 0.05) is 0 Å². The van der Waals surface area contributed by atoms with Crippen molar-refractivity contribution in [3.05, 3.63) is 59.9 Å². The van der Waals surface area contributed by atoms with E-state index in [-0.39, 0.29) is 41.3 Å². The van der Waals surface area contributed by atoms with E-state index >= 15 is 0 Å². The summed E-state index contributed by atoms with van der Waals surface area (Å²) < 4.78 is 19.6. The summed E-state index contributed by atoms with van der Waals surface area (Å²) in [6.07, 6.45) is 0. The van der Waals surface area contributed by atoms with Crippen LogP contribution in [0.3, 0.4) is 0 Å². The maximum atomic E-state index is 14.0. The van der Waals surface area contributed by atoms with Crippen molar-refractivity contribution in [1.29, 1.82) is 0 Å². The normalized spacial score (nSPS) is 15.4. The predicted octanol–water partition coefficient (Wildman–Crippen LogP) is 3.31. The summed E-state index contributed by atoms with van der Waals surface area (Å²) in [5.74, 6) is 0.384. The highest BCUT2D eigenvalue weighted by Gasteiger charge is 2.33. The first-order valence-electron chi connectivity index (χ1n) is 7.99. The molecule has 0 bridgehead atoms. The molecule has 9 heteroatoms. The number of hydroxylamine groups is 2. The Kier molecular flexibility index (Phi) is 6.40. The van der Waals surface area contributed by atoms with Gasteiger partial charge in [-0.1, -0.05) is 24.3 Å². The Morgan fingerprint density at radius 1 is 1.11 bits per heavy atom. The molecular weight excluding hydrogens is 417 g/mol. The van der Waals surface area contributed by atoms with Crippen LogP contribution in [0.4, 0.5) is 4.39 Å². The fourth-order valence-corrected chi connectivity index (χ4v) is 2.49. The van der Waals surface area contributed by atoms with E-state index in [9.17, 15) is 4.39 Å². The summed E-state index contributed by atoms with van der Waals surface area (Å²) in [5, 5.41) is 1.37. The topological polar surface area (TPSA) is 98.5 Å². The summed E-state index contributed by atoms with van der Waals surface area (Å²) in [6, 6.07) is 13.5. The van der Waals surface area contributed by atoms with E-state index in [4.69, 9.17) is 21.0 Å². The van der Waals surface area contributed by atoms with Gasteiger partial charge in [-0.3, -0.25) is 4.84 Å². The number of hydrogen-bond acceptors (Lipinski definition) is 7. The molecule has 1 aliphatic rings. The molecule has 0 radical (unpaired) electrons. The van der Waals surface area contributed by atoms with Crippen LogP contribution in [-0.4, -0.2) is 22.6 Å². The van der Waals surface area contributed by atoms with E-state index in [1.54, 1.807) is 38.1 Å². The first kappa shape index (κ1) is 20.7. The minimum Gasteiger partial charge on any atom is -0.454 e. The largest absolute Gasteiger partial charge is 0.454 e. The van der Waals surface area contributed by atoms with Crippen LogP contribution < -0.4 is 16.2 Å². The standard InChI is InChI=1S/C18H20FN5O2.BrH/c1-18(2)23-16(20)22-17(21)24(18)25-11-12-8-9-14(19)15(10-12)26-13-6-4-3-5-7-13;/h3-10H,11H2,1-2H3,(H4,20,21,22,23);1H. The fraction of sp³-hybridized carbons (Fsp3) is 0.222. The number of nitrogens with two attached hydrogens (primary N) is 2. The average Bonchev–Trinajstić information content (AvgIpc) is 2.57. The average molecular weight is 438 g/mol. The second-order valence-electron chi connectivity index (χ2n) is 6.18. The van der Waals surface area contributed by atoms with Crippen molar-refractivity contribution in [2.24, 2.45) is 21.5 Å². The summed E-state index contributed by atoms with van der Waals surface area (Å²) in [7, 11) is 0. The van der Waals surface area contributed by atoms with Crippen molar-refractivity contribution in [3.63, 3.8) is 0 Å². The second-order valence-corrected chi connectivity index (χ2v) is 6.18. The molecule has 0 saturated carbocycles. The SMILES string of the molecule is Br.CC1(C)N=C(N)N=C(N)N1OCc1ccc(F)c(Oc2ccccc2)c1. The molecule has 2 aromatic carbocycles. The molecular formula is C18H21BrFN5O2. The van der Waals surface area contributed by atoms with Gasteiger partial charge in [0.25, 0.3) is 0 Å². The minimum absolute atomic E-state index is 0. The lowest BCUT2D eigenvalue weighted by atomic mass is 10.2. The molecule has 0 atom stereocenters. The van der Waals surface area contributed by atoms with Gasteiger partial charge in [-0.2, -0.15) is 10.1 Å². The molecule has 0 saturated heterocycles. The van der Waals surface area contributed by atoms with Crippen molar-refractivity contribution in [1.82, 2.24) is 5.06 Å². The third-order valence-corrected chi connectivity index (χ3v) is 3.65. The van der Waals surface area contributed by atoms with Gasteiger partial charge in [0.05, 0.1) is 0 Å². The highest BCUT2D eigenvalue weighted by atomic mass is 79.9. The third kappa shape index (κ3) is 4.95. The number of rotatable bonds is 5. The molecule has 0 unspecified atom stereocenters. The summed E-state index contributed by atoms with van der Waals surface area (Å²) in [4.78, 5) is 13.8. The van der Waals surface area contributed by atoms with Crippen LogP contribution >= 0.6 is 17.0 Å². The van der Waals surface area contributed by atoms with Crippen molar-refractivity contribution in [3.8, 4) is 11.5 Å². The van der Waals surface area contributed by atoms with E-state index in [0.717, 1.165) is 0 Å². The van der Waals surface area contributed by atoms with Gasteiger partial charge < -0.3 is 16.2 Å². The lowest BCUT2D eigenvalue weighted by molar-refractivity contribution is -0.166. The Morgan fingerprint density at radius 3 is 2.48 bits per heavy atom. The first-order chi connectivity index (χ1) is 12.3. The Balaban J connectivity index is 0.00000261.